The topological polar surface area (TPSA) is 96.0 Å². The van der Waals surface area contributed by atoms with E-state index < -0.39 is 34.1 Å². The molecule has 1 atom stereocenters. The van der Waals surface area contributed by atoms with E-state index in [-0.39, 0.29) is 39.5 Å². The molecule has 3 aromatic rings. The van der Waals surface area contributed by atoms with Crippen LogP contribution in [0.5, 0.6) is 5.75 Å². The molecule has 12 heteroatoms. The number of sulfonamides is 1. The van der Waals surface area contributed by atoms with Crippen LogP contribution in [0.15, 0.2) is 65.6 Å². The first kappa shape index (κ1) is 34.5. The number of hydrogen-bond acceptors (Lipinski definition) is 5. The number of nitrogens with one attached hydrogen (secondary N) is 1. The molecule has 0 saturated heterocycles. The molecule has 0 saturated carbocycles. The highest BCUT2D eigenvalue weighted by molar-refractivity contribution is 7.92. The van der Waals surface area contributed by atoms with E-state index >= 15 is 0 Å². The summed E-state index contributed by atoms with van der Waals surface area (Å²) in [6.45, 7) is 8.51. The molecule has 0 radical (unpaired) electrons. The lowest BCUT2D eigenvalue weighted by Gasteiger charge is -2.35. The summed E-state index contributed by atoms with van der Waals surface area (Å²) < 4.78 is 34.3. The smallest absolute Gasteiger partial charge is 0.264 e. The van der Waals surface area contributed by atoms with Gasteiger partial charge < -0.3 is 15.0 Å². The zero-order chi connectivity index (χ0) is 32.1. The molecule has 0 fully saturated rings. The van der Waals surface area contributed by atoms with Crippen molar-refractivity contribution in [1.29, 1.82) is 0 Å². The van der Waals surface area contributed by atoms with Crippen molar-refractivity contribution in [3.05, 3.63) is 86.9 Å². The second-order valence-electron chi connectivity index (χ2n) is 11.1. The third-order valence-electron chi connectivity index (χ3n) is 6.53. The predicted molar refractivity (Wildman–Crippen MR) is 173 cm³/mol. The van der Waals surface area contributed by atoms with E-state index in [1.165, 1.54) is 42.3 Å². The van der Waals surface area contributed by atoms with Crippen LogP contribution in [0.3, 0.4) is 0 Å². The van der Waals surface area contributed by atoms with Gasteiger partial charge in [-0.25, -0.2) is 8.42 Å². The summed E-state index contributed by atoms with van der Waals surface area (Å²) >= 11 is 18.8. The Labute approximate surface area is 268 Å². The molecule has 0 spiro atoms. The van der Waals surface area contributed by atoms with Crippen molar-refractivity contribution in [2.75, 3.05) is 18.0 Å². The van der Waals surface area contributed by atoms with Gasteiger partial charge in [0, 0.05) is 12.1 Å². The van der Waals surface area contributed by atoms with Gasteiger partial charge in [-0.15, -0.1) is 0 Å². The van der Waals surface area contributed by atoms with Gasteiger partial charge in [-0.3, -0.25) is 13.9 Å². The molecule has 0 aliphatic rings. The summed E-state index contributed by atoms with van der Waals surface area (Å²) in [7, 11) is -2.81. The molecule has 0 aliphatic heterocycles. The maximum Gasteiger partial charge on any atom is 0.264 e. The van der Waals surface area contributed by atoms with Crippen molar-refractivity contribution in [1.82, 2.24) is 10.2 Å². The van der Waals surface area contributed by atoms with E-state index in [1.54, 1.807) is 37.3 Å². The number of anilines is 1. The molecule has 0 aromatic heterocycles. The number of hydrogen-bond donors (Lipinski definition) is 1. The van der Waals surface area contributed by atoms with Gasteiger partial charge in [-0.05, 0) is 82.1 Å². The van der Waals surface area contributed by atoms with E-state index in [4.69, 9.17) is 39.5 Å². The van der Waals surface area contributed by atoms with E-state index in [2.05, 4.69) is 5.32 Å². The van der Waals surface area contributed by atoms with E-state index in [0.717, 1.165) is 9.87 Å². The molecule has 0 unspecified atom stereocenters. The Morgan fingerprint density at radius 1 is 0.930 bits per heavy atom. The first-order valence-electron chi connectivity index (χ1n) is 13.6. The maximum atomic E-state index is 14.2. The summed E-state index contributed by atoms with van der Waals surface area (Å²) in [4.78, 5) is 29.0. The highest BCUT2D eigenvalue weighted by atomic mass is 35.5. The van der Waals surface area contributed by atoms with Crippen molar-refractivity contribution in [2.45, 2.75) is 64.1 Å². The van der Waals surface area contributed by atoms with Crippen molar-refractivity contribution in [2.24, 2.45) is 0 Å². The van der Waals surface area contributed by atoms with E-state index in [1.807, 2.05) is 27.7 Å². The van der Waals surface area contributed by atoms with Gasteiger partial charge in [0.1, 0.15) is 18.3 Å². The molecule has 43 heavy (non-hydrogen) atoms. The normalized spacial score (nSPS) is 12.4. The Hall–Kier alpha value is -2.98. The maximum absolute atomic E-state index is 14.2. The van der Waals surface area contributed by atoms with Crippen LogP contribution in [-0.4, -0.2) is 50.4 Å². The fourth-order valence-corrected chi connectivity index (χ4v) is 6.36. The van der Waals surface area contributed by atoms with Crippen LogP contribution in [0.4, 0.5) is 5.69 Å². The number of halogens is 3. The third-order valence-corrected chi connectivity index (χ3v) is 9.35. The number of benzene rings is 3. The average molecular weight is 669 g/mol. The first-order valence-corrected chi connectivity index (χ1v) is 16.1. The molecule has 1 N–H and O–H groups in total. The minimum Gasteiger partial charge on any atom is -0.495 e. The van der Waals surface area contributed by atoms with Crippen LogP contribution in [0, 0.1) is 6.92 Å². The number of amides is 2. The summed E-state index contributed by atoms with van der Waals surface area (Å²) in [5, 5.41) is 3.73. The van der Waals surface area contributed by atoms with Gasteiger partial charge in [0.2, 0.25) is 11.8 Å². The highest BCUT2D eigenvalue weighted by Gasteiger charge is 2.35. The molecule has 0 aliphatic carbocycles. The molecule has 2 amide bonds. The molecule has 8 nitrogen and oxygen atoms in total. The average Bonchev–Trinajstić information content (AvgIpc) is 2.92. The standard InChI is InChI=1S/C31H36Cl3N3O5S/c1-7-27(30(39)35-31(3,4)5)36(18-21-10-14-24(32)25(33)16-21)29(38)19-37(22-11-15-28(42-6)26(34)17-22)43(40,41)23-12-8-20(2)9-13-23/h8-17,27H,7,18-19H2,1-6H3,(H,35,39)/t27-/m1/s1. The van der Waals surface area contributed by atoms with Crippen molar-refractivity contribution in [3.63, 3.8) is 0 Å². The number of aryl methyl sites for hydroxylation is 1. The monoisotopic (exact) mass is 667 g/mol. The summed E-state index contributed by atoms with van der Waals surface area (Å²) in [5.74, 6) is -0.635. The van der Waals surface area contributed by atoms with Crippen LogP contribution in [0.1, 0.15) is 45.2 Å². The van der Waals surface area contributed by atoms with Gasteiger partial charge in [0.05, 0.1) is 32.8 Å². The Kier molecular flexibility index (Phi) is 11.4. The zero-order valence-electron chi connectivity index (χ0n) is 24.9. The quantitative estimate of drug-likeness (QED) is 0.240. The lowest BCUT2D eigenvalue weighted by molar-refractivity contribution is -0.141. The fourth-order valence-electron chi connectivity index (χ4n) is 4.38. The van der Waals surface area contributed by atoms with Crippen molar-refractivity contribution < 1.29 is 22.7 Å². The van der Waals surface area contributed by atoms with Gasteiger partial charge >= 0.3 is 0 Å². The fraction of sp³-hybridized carbons (Fsp3) is 0.355. The Bertz CT molecular complexity index is 1570. The van der Waals surface area contributed by atoms with Crippen LogP contribution in [0.2, 0.25) is 15.1 Å². The zero-order valence-corrected chi connectivity index (χ0v) is 28.0. The lowest BCUT2D eigenvalue weighted by atomic mass is 10.1. The highest BCUT2D eigenvalue weighted by Crippen LogP contribution is 2.32. The third kappa shape index (κ3) is 8.79. The minimum atomic E-state index is -4.26. The van der Waals surface area contributed by atoms with E-state index in [0.29, 0.717) is 16.3 Å². The van der Waals surface area contributed by atoms with Gasteiger partial charge in [-0.2, -0.15) is 0 Å². The van der Waals surface area contributed by atoms with Gasteiger partial charge in [-0.1, -0.05) is 65.5 Å². The summed E-state index contributed by atoms with van der Waals surface area (Å²) in [6.07, 6.45) is 0.272. The molecule has 232 valence electrons. The van der Waals surface area contributed by atoms with Crippen LogP contribution >= 0.6 is 34.8 Å². The number of rotatable bonds is 11. The Morgan fingerprint density at radius 2 is 1.58 bits per heavy atom. The molecule has 3 rings (SSSR count). The molecular formula is C31H36Cl3N3O5S. The number of nitrogens with zero attached hydrogens (tertiary/aromatic N) is 2. The number of methoxy groups -OCH3 is 1. The predicted octanol–water partition coefficient (Wildman–Crippen LogP) is 6.88. The molecule has 3 aromatic carbocycles. The number of carbonyl (C=O) groups excluding carboxylic acids is 2. The van der Waals surface area contributed by atoms with Crippen LogP contribution in [0.25, 0.3) is 0 Å². The SMILES string of the molecule is CC[C@H](C(=O)NC(C)(C)C)N(Cc1ccc(Cl)c(Cl)c1)C(=O)CN(c1ccc(OC)c(Cl)c1)S(=O)(=O)c1ccc(C)cc1. The second-order valence-corrected chi connectivity index (χ2v) is 14.2. The summed E-state index contributed by atoms with van der Waals surface area (Å²) in [6, 6.07) is 14.8. The Balaban J connectivity index is 2.12. The largest absolute Gasteiger partial charge is 0.495 e. The van der Waals surface area contributed by atoms with Crippen LogP contribution < -0.4 is 14.4 Å². The second kappa shape index (κ2) is 14.2. The lowest BCUT2D eigenvalue weighted by Crippen LogP contribution is -2.55. The van der Waals surface area contributed by atoms with Gasteiger partial charge in [0.25, 0.3) is 10.0 Å². The first-order chi connectivity index (χ1) is 20.1. The van der Waals surface area contributed by atoms with Crippen molar-refractivity contribution >= 4 is 62.3 Å². The summed E-state index contributed by atoms with van der Waals surface area (Å²) in [5.41, 5.74) is 1.08. The van der Waals surface area contributed by atoms with Crippen molar-refractivity contribution in [3.8, 4) is 5.75 Å². The number of ether oxygens (including phenoxy) is 1. The molecule has 0 heterocycles. The molecular weight excluding hydrogens is 633 g/mol. The van der Waals surface area contributed by atoms with E-state index in [9.17, 15) is 18.0 Å². The minimum absolute atomic E-state index is 0.00797. The molecule has 0 bridgehead atoms. The van der Waals surface area contributed by atoms with Crippen LogP contribution in [-0.2, 0) is 26.2 Å². The van der Waals surface area contributed by atoms with Gasteiger partial charge in [0.15, 0.2) is 0 Å². The Morgan fingerprint density at radius 3 is 2.12 bits per heavy atom. The number of carbonyl (C=O) groups is 2.